The third-order valence-corrected chi connectivity index (χ3v) is 5.53. The minimum absolute atomic E-state index is 0.0870. The van der Waals surface area contributed by atoms with Gasteiger partial charge in [0.05, 0.1) is 19.1 Å². The molecule has 0 spiro atoms. The molecule has 166 valence electrons. The summed E-state index contributed by atoms with van der Waals surface area (Å²) in [5, 5.41) is 0. The summed E-state index contributed by atoms with van der Waals surface area (Å²) in [5.74, 6) is 0.602. The van der Waals surface area contributed by atoms with Crippen LogP contribution in [0.1, 0.15) is 55.6 Å². The number of aryl methyl sites for hydroxylation is 2. The number of hydrogen-bond acceptors (Lipinski definition) is 6. The van der Waals surface area contributed by atoms with E-state index in [-0.39, 0.29) is 23.8 Å². The molecule has 1 fully saturated rings. The summed E-state index contributed by atoms with van der Waals surface area (Å²) >= 11 is 0. The number of aromatic nitrogens is 2. The van der Waals surface area contributed by atoms with Crippen molar-refractivity contribution < 1.29 is 14.3 Å². The molecule has 0 unspecified atom stereocenters. The third kappa shape index (κ3) is 5.51. The molecule has 1 saturated heterocycles. The minimum atomic E-state index is -0.388. The van der Waals surface area contributed by atoms with Gasteiger partial charge in [0.1, 0.15) is 5.75 Å². The van der Waals surface area contributed by atoms with Crippen LogP contribution < -0.4 is 15.6 Å². The van der Waals surface area contributed by atoms with Gasteiger partial charge in [-0.25, -0.2) is 9.97 Å². The highest BCUT2D eigenvalue weighted by Crippen LogP contribution is 2.37. The molecule has 8 heteroatoms. The van der Waals surface area contributed by atoms with E-state index in [1.54, 1.807) is 7.11 Å². The van der Waals surface area contributed by atoms with E-state index in [1.165, 1.54) is 0 Å². The lowest BCUT2D eigenvalue weighted by molar-refractivity contribution is -0.143. The maximum absolute atomic E-state index is 13.2. The summed E-state index contributed by atoms with van der Waals surface area (Å²) in [6.45, 7) is 6.47. The third-order valence-electron chi connectivity index (χ3n) is 5.53. The number of ether oxygens (including phenoxy) is 1. The number of unbranched alkanes of at least 4 members (excludes halogenated alkanes) is 1. The van der Waals surface area contributed by atoms with Crippen LogP contribution in [0.4, 0.5) is 5.95 Å². The fourth-order valence-electron chi connectivity index (χ4n) is 4.02. The van der Waals surface area contributed by atoms with E-state index in [9.17, 15) is 9.59 Å². The van der Waals surface area contributed by atoms with Crippen LogP contribution in [0.25, 0.3) is 0 Å². The van der Waals surface area contributed by atoms with Crippen LogP contribution in [0.5, 0.6) is 5.75 Å². The zero-order valence-corrected chi connectivity index (χ0v) is 18.6. The molecule has 2 heterocycles. The number of rotatable bonds is 8. The average Bonchev–Trinajstić information content (AvgIpc) is 2.76. The van der Waals surface area contributed by atoms with Crippen molar-refractivity contribution in [1.82, 2.24) is 20.3 Å². The number of amides is 2. The molecule has 8 nitrogen and oxygen atoms in total. The molecule has 1 aliphatic heterocycles. The second kappa shape index (κ2) is 10.2. The lowest BCUT2D eigenvalue weighted by Gasteiger charge is -2.41. The fourth-order valence-corrected chi connectivity index (χ4v) is 4.02. The predicted molar refractivity (Wildman–Crippen MR) is 118 cm³/mol. The van der Waals surface area contributed by atoms with Gasteiger partial charge >= 0.3 is 0 Å². The van der Waals surface area contributed by atoms with Crippen molar-refractivity contribution in [3.8, 4) is 5.75 Å². The van der Waals surface area contributed by atoms with Gasteiger partial charge in [0.15, 0.2) is 0 Å². The number of anilines is 1. The number of methoxy groups -OCH3 is 1. The summed E-state index contributed by atoms with van der Waals surface area (Å²) in [5.41, 5.74) is 8.15. The van der Waals surface area contributed by atoms with Gasteiger partial charge in [0.2, 0.25) is 17.8 Å². The lowest BCUT2D eigenvalue weighted by Crippen LogP contribution is -2.49. The first-order valence-corrected chi connectivity index (χ1v) is 10.7. The summed E-state index contributed by atoms with van der Waals surface area (Å²) < 4.78 is 5.27. The molecule has 31 heavy (non-hydrogen) atoms. The van der Waals surface area contributed by atoms with Gasteiger partial charge in [-0.2, -0.15) is 0 Å². The number of likely N-dealkylation sites (tertiary alicyclic amines) is 1. The van der Waals surface area contributed by atoms with Gasteiger partial charge in [-0.1, -0.05) is 25.5 Å². The van der Waals surface area contributed by atoms with Crippen molar-refractivity contribution in [2.24, 2.45) is 5.92 Å². The molecular weight excluding hydrogens is 394 g/mol. The number of hydrogen-bond donors (Lipinski definition) is 2. The molecule has 1 aromatic carbocycles. The number of carbonyl (C=O) groups is 2. The second-order valence-corrected chi connectivity index (χ2v) is 7.89. The Morgan fingerprint density at radius 1 is 1.19 bits per heavy atom. The maximum atomic E-state index is 13.2. The van der Waals surface area contributed by atoms with Crippen molar-refractivity contribution >= 4 is 17.8 Å². The largest absolute Gasteiger partial charge is 0.497 e. The number of benzene rings is 1. The molecule has 3 rings (SSSR count). The first-order chi connectivity index (χ1) is 14.9. The lowest BCUT2D eigenvalue weighted by atomic mass is 9.83. The zero-order chi connectivity index (χ0) is 22.4. The molecule has 1 aliphatic rings. The average molecular weight is 426 g/mol. The number of carbonyl (C=O) groups excluding carboxylic acids is 2. The summed E-state index contributed by atoms with van der Waals surface area (Å²) in [7, 11) is 1.61. The molecule has 0 bridgehead atoms. The SMILES string of the molecule is CCCCN1C(=O)CC[C@H](C(=O)NNc2nc(C)cc(C)n2)[C@H]1c1ccc(OC)cc1. The molecule has 2 amide bonds. The summed E-state index contributed by atoms with van der Waals surface area (Å²) in [6.07, 6.45) is 2.71. The standard InChI is InChI=1S/C23H31N5O3/c1-5-6-13-28-20(29)12-11-19(21(28)17-7-9-18(31-4)10-8-17)22(30)26-27-23-24-15(2)14-16(3)25-23/h7-10,14,19,21H,5-6,11-13H2,1-4H3,(H,26,30)(H,24,25,27)/t19-,21+/m0/s1. The van der Waals surface area contributed by atoms with Crippen molar-refractivity contribution in [2.75, 3.05) is 19.1 Å². The predicted octanol–water partition coefficient (Wildman–Crippen LogP) is 3.33. The van der Waals surface area contributed by atoms with Crippen LogP contribution in [0.3, 0.4) is 0 Å². The Kier molecular flexibility index (Phi) is 7.44. The van der Waals surface area contributed by atoms with Crippen LogP contribution in [0, 0.1) is 19.8 Å². The van der Waals surface area contributed by atoms with Crippen LogP contribution in [0.2, 0.25) is 0 Å². The van der Waals surface area contributed by atoms with Gasteiger partial charge in [0, 0.05) is 24.4 Å². The molecule has 0 aliphatic carbocycles. The Labute approximate surface area is 183 Å². The van der Waals surface area contributed by atoms with Gasteiger partial charge in [0.25, 0.3) is 0 Å². The van der Waals surface area contributed by atoms with E-state index in [0.29, 0.717) is 25.3 Å². The zero-order valence-electron chi connectivity index (χ0n) is 18.6. The maximum Gasteiger partial charge on any atom is 0.243 e. The Bertz CT molecular complexity index is 896. The van der Waals surface area contributed by atoms with Gasteiger partial charge < -0.3 is 9.64 Å². The normalized spacial score (nSPS) is 18.6. The molecule has 0 saturated carbocycles. The van der Waals surface area contributed by atoms with Crippen molar-refractivity contribution in [1.29, 1.82) is 0 Å². The first-order valence-electron chi connectivity index (χ1n) is 10.7. The molecule has 2 aromatic rings. The minimum Gasteiger partial charge on any atom is -0.497 e. The molecule has 2 atom stereocenters. The van der Waals surface area contributed by atoms with E-state index >= 15 is 0 Å². The van der Waals surface area contributed by atoms with E-state index in [4.69, 9.17) is 4.74 Å². The second-order valence-electron chi connectivity index (χ2n) is 7.89. The fraction of sp³-hybridized carbons (Fsp3) is 0.478. The summed E-state index contributed by atoms with van der Waals surface area (Å²) in [6, 6.07) is 9.13. The van der Waals surface area contributed by atoms with E-state index in [2.05, 4.69) is 27.7 Å². The number of hydrazine groups is 1. The van der Waals surface area contributed by atoms with Crippen molar-refractivity contribution in [2.45, 2.75) is 52.5 Å². The first kappa shape index (κ1) is 22.5. The van der Waals surface area contributed by atoms with Crippen LogP contribution >= 0.6 is 0 Å². The van der Waals surface area contributed by atoms with Crippen molar-refractivity contribution in [3.05, 3.63) is 47.3 Å². The molecule has 0 radical (unpaired) electrons. The molecule has 1 aromatic heterocycles. The highest BCUT2D eigenvalue weighted by Gasteiger charge is 2.40. The number of nitrogens with zero attached hydrogens (tertiary/aromatic N) is 3. The molecular formula is C23H31N5O3. The van der Waals surface area contributed by atoms with E-state index in [0.717, 1.165) is 35.5 Å². The topological polar surface area (TPSA) is 96.5 Å². The van der Waals surface area contributed by atoms with Gasteiger partial charge in [-0.05, 0) is 50.5 Å². The number of piperidine rings is 1. The summed E-state index contributed by atoms with van der Waals surface area (Å²) in [4.78, 5) is 36.4. The van der Waals surface area contributed by atoms with Crippen LogP contribution in [-0.4, -0.2) is 40.3 Å². The Hall–Kier alpha value is -3.16. The Morgan fingerprint density at radius 2 is 1.87 bits per heavy atom. The van der Waals surface area contributed by atoms with Gasteiger partial charge in [-0.15, -0.1) is 0 Å². The van der Waals surface area contributed by atoms with Crippen LogP contribution in [0.15, 0.2) is 30.3 Å². The number of nitrogens with one attached hydrogen (secondary N) is 2. The smallest absolute Gasteiger partial charge is 0.243 e. The van der Waals surface area contributed by atoms with Crippen molar-refractivity contribution in [3.63, 3.8) is 0 Å². The molecule has 2 N–H and O–H groups in total. The van der Waals surface area contributed by atoms with Gasteiger partial charge in [-0.3, -0.25) is 20.4 Å². The monoisotopic (exact) mass is 425 g/mol. The Balaban J connectivity index is 1.83. The van der Waals surface area contributed by atoms with E-state index < -0.39 is 0 Å². The van der Waals surface area contributed by atoms with E-state index in [1.807, 2.05) is 49.1 Å². The Morgan fingerprint density at radius 3 is 2.48 bits per heavy atom. The highest BCUT2D eigenvalue weighted by molar-refractivity contribution is 5.85. The quantitative estimate of drug-likeness (QED) is 0.630. The van der Waals surface area contributed by atoms with Crippen LogP contribution in [-0.2, 0) is 9.59 Å². The highest BCUT2D eigenvalue weighted by atomic mass is 16.5.